The van der Waals surface area contributed by atoms with Gasteiger partial charge in [-0.05, 0) is 37.0 Å². The van der Waals surface area contributed by atoms with Gasteiger partial charge in [0.15, 0.2) is 0 Å². The van der Waals surface area contributed by atoms with E-state index in [4.69, 9.17) is 11.6 Å². The summed E-state index contributed by atoms with van der Waals surface area (Å²) in [6, 6.07) is 7.72. The molecule has 3 rings (SSSR count). The van der Waals surface area contributed by atoms with Crippen molar-refractivity contribution in [2.24, 2.45) is 0 Å². The average Bonchev–Trinajstić information content (AvgIpc) is 3.38. The van der Waals surface area contributed by atoms with Crippen molar-refractivity contribution < 1.29 is 4.79 Å². The number of hydrogen-bond donors (Lipinski definition) is 0. The van der Waals surface area contributed by atoms with Crippen LogP contribution < -0.4 is 0 Å². The first-order chi connectivity index (χ1) is 10.6. The minimum absolute atomic E-state index is 0.00327. The third-order valence-corrected chi connectivity index (χ3v) is 4.19. The van der Waals surface area contributed by atoms with Crippen LogP contribution in [0.3, 0.4) is 0 Å². The predicted octanol–water partition coefficient (Wildman–Crippen LogP) is 3.32. The summed E-state index contributed by atoms with van der Waals surface area (Å²) in [5.41, 5.74) is 2.71. The fraction of sp³-hybridized carbons (Fsp3) is 0.353. The highest BCUT2D eigenvalue weighted by molar-refractivity contribution is 6.30. The first-order valence-corrected chi connectivity index (χ1v) is 7.83. The Kier molecular flexibility index (Phi) is 4.39. The van der Waals surface area contributed by atoms with Gasteiger partial charge >= 0.3 is 0 Å². The van der Waals surface area contributed by atoms with E-state index < -0.39 is 0 Å². The van der Waals surface area contributed by atoms with Crippen LogP contribution in [0.5, 0.6) is 0 Å². The van der Waals surface area contributed by atoms with Crippen LogP contribution in [0.25, 0.3) is 0 Å². The minimum Gasteiger partial charge on any atom is -0.341 e. The van der Waals surface area contributed by atoms with Crippen LogP contribution in [0, 0.1) is 0 Å². The molecule has 114 valence electrons. The second kappa shape index (κ2) is 6.44. The Bertz CT molecular complexity index is 668. The van der Waals surface area contributed by atoms with Crippen molar-refractivity contribution in [1.82, 2.24) is 14.9 Å². The number of carbonyl (C=O) groups excluding carboxylic acids is 1. The summed E-state index contributed by atoms with van der Waals surface area (Å²) in [5.74, 6) is 0.433. The molecule has 0 radical (unpaired) electrons. The van der Waals surface area contributed by atoms with Crippen molar-refractivity contribution in [3.8, 4) is 0 Å². The molecule has 1 saturated carbocycles. The van der Waals surface area contributed by atoms with Gasteiger partial charge < -0.3 is 4.90 Å². The summed E-state index contributed by atoms with van der Waals surface area (Å²) in [7, 11) is 1.82. The molecule has 1 aromatic heterocycles. The van der Waals surface area contributed by atoms with E-state index in [1.807, 2.05) is 31.3 Å². The third kappa shape index (κ3) is 3.45. The monoisotopic (exact) mass is 315 g/mol. The third-order valence-electron chi connectivity index (χ3n) is 3.93. The normalized spacial score (nSPS) is 13.9. The van der Waals surface area contributed by atoms with Gasteiger partial charge in [0, 0.05) is 30.7 Å². The first-order valence-electron chi connectivity index (χ1n) is 7.45. The van der Waals surface area contributed by atoms with Gasteiger partial charge in [-0.25, -0.2) is 9.97 Å². The molecule has 1 heterocycles. The van der Waals surface area contributed by atoms with E-state index in [-0.39, 0.29) is 5.91 Å². The Morgan fingerprint density at radius 1 is 1.32 bits per heavy atom. The Labute approximate surface area is 135 Å². The molecule has 0 spiro atoms. The summed E-state index contributed by atoms with van der Waals surface area (Å²) in [6.07, 6.45) is 6.20. The zero-order chi connectivity index (χ0) is 15.5. The van der Waals surface area contributed by atoms with Crippen LogP contribution in [0.15, 0.2) is 36.8 Å². The minimum atomic E-state index is -0.00327. The summed E-state index contributed by atoms with van der Waals surface area (Å²) in [5, 5.41) is 0.726. The van der Waals surface area contributed by atoms with Crippen molar-refractivity contribution in [2.75, 3.05) is 13.6 Å². The molecular weight excluding hydrogens is 298 g/mol. The molecular formula is C17H18ClN3O. The fourth-order valence-electron chi connectivity index (χ4n) is 2.44. The Morgan fingerprint density at radius 3 is 2.73 bits per heavy atom. The molecule has 4 nitrogen and oxygen atoms in total. The van der Waals surface area contributed by atoms with Gasteiger partial charge in [-0.15, -0.1) is 0 Å². The molecule has 0 atom stereocenters. The highest BCUT2D eigenvalue weighted by Gasteiger charge is 2.30. The lowest BCUT2D eigenvalue weighted by Crippen LogP contribution is -2.30. The predicted molar refractivity (Wildman–Crippen MR) is 86.1 cm³/mol. The lowest BCUT2D eigenvalue weighted by molar-refractivity contribution is 0.0794. The standard InChI is InChI=1S/C17H18ClN3O/c1-21(9-8-12-2-6-14(18)7-3-12)17(22)15-10-19-11-20-16(15)13-4-5-13/h2-3,6-7,10-11,13H,4-5,8-9H2,1H3. The maximum atomic E-state index is 12.6. The van der Waals surface area contributed by atoms with Crippen LogP contribution >= 0.6 is 11.6 Å². The number of aromatic nitrogens is 2. The molecule has 0 saturated heterocycles. The van der Waals surface area contributed by atoms with Gasteiger partial charge in [0.05, 0.1) is 11.3 Å². The van der Waals surface area contributed by atoms with E-state index in [2.05, 4.69) is 9.97 Å². The molecule has 1 amide bonds. The van der Waals surface area contributed by atoms with E-state index in [0.29, 0.717) is 18.0 Å². The van der Waals surface area contributed by atoms with Gasteiger partial charge in [-0.3, -0.25) is 4.79 Å². The highest BCUT2D eigenvalue weighted by Crippen LogP contribution is 2.40. The maximum absolute atomic E-state index is 12.6. The zero-order valence-corrected chi connectivity index (χ0v) is 13.3. The van der Waals surface area contributed by atoms with Crippen molar-refractivity contribution in [3.63, 3.8) is 0 Å². The molecule has 5 heteroatoms. The quantitative estimate of drug-likeness (QED) is 0.850. The second-order valence-electron chi connectivity index (χ2n) is 5.70. The molecule has 0 aliphatic heterocycles. The number of amides is 1. The van der Waals surface area contributed by atoms with Crippen LogP contribution in [0.1, 0.15) is 40.4 Å². The fourth-order valence-corrected chi connectivity index (χ4v) is 2.57. The van der Waals surface area contributed by atoms with E-state index in [1.54, 1.807) is 11.1 Å². The SMILES string of the molecule is CN(CCc1ccc(Cl)cc1)C(=O)c1cncnc1C1CC1. The van der Waals surface area contributed by atoms with Gasteiger partial charge in [0.2, 0.25) is 0 Å². The zero-order valence-electron chi connectivity index (χ0n) is 12.5. The number of benzene rings is 1. The number of likely N-dealkylation sites (N-methyl/N-ethyl adjacent to an activating group) is 1. The molecule has 1 aliphatic rings. The Balaban J connectivity index is 1.65. The van der Waals surface area contributed by atoms with Gasteiger partial charge in [-0.2, -0.15) is 0 Å². The van der Waals surface area contributed by atoms with Crippen LogP contribution in [0.2, 0.25) is 5.02 Å². The van der Waals surface area contributed by atoms with E-state index in [0.717, 1.165) is 35.5 Å². The van der Waals surface area contributed by atoms with Crippen LogP contribution in [-0.4, -0.2) is 34.4 Å². The smallest absolute Gasteiger partial charge is 0.257 e. The van der Waals surface area contributed by atoms with Crippen LogP contribution in [0.4, 0.5) is 0 Å². The summed E-state index contributed by atoms with van der Waals surface area (Å²) >= 11 is 5.88. The second-order valence-corrected chi connectivity index (χ2v) is 6.14. The molecule has 1 aliphatic carbocycles. The van der Waals surface area contributed by atoms with Gasteiger partial charge in [-0.1, -0.05) is 23.7 Å². The Hall–Kier alpha value is -1.94. The molecule has 0 N–H and O–H groups in total. The van der Waals surface area contributed by atoms with E-state index >= 15 is 0 Å². The molecule has 0 unspecified atom stereocenters. The number of nitrogens with zero attached hydrogens (tertiary/aromatic N) is 3. The van der Waals surface area contributed by atoms with Gasteiger partial charge in [0.25, 0.3) is 5.91 Å². The number of halogens is 1. The summed E-state index contributed by atoms with van der Waals surface area (Å²) in [4.78, 5) is 22.6. The number of carbonyl (C=O) groups is 1. The van der Waals surface area contributed by atoms with Crippen molar-refractivity contribution >= 4 is 17.5 Å². The van der Waals surface area contributed by atoms with E-state index in [1.165, 1.54) is 6.33 Å². The Morgan fingerprint density at radius 2 is 2.05 bits per heavy atom. The van der Waals surface area contributed by atoms with Gasteiger partial charge in [0.1, 0.15) is 6.33 Å². The largest absolute Gasteiger partial charge is 0.341 e. The number of hydrogen-bond acceptors (Lipinski definition) is 3. The summed E-state index contributed by atoms with van der Waals surface area (Å²) < 4.78 is 0. The average molecular weight is 316 g/mol. The molecule has 1 fully saturated rings. The van der Waals surface area contributed by atoms with Crippen LogP contribution in [-0.2, 0) is 6.42 Å². The topological polar surface area (TPSA) is 46.1 Å². The lowest BCUT2D eigenvalue weighted by Gasteiger charge is -2.18. The molecule has 0 bridgehead atoms. The highest BCUT2D eigenvalue weighted by atomic mass is 35.5. The summed E-state index contributed by atoms with van der Waals surface area (Å²) in [6.45, 7) is 0.652. The number of rotatable bonds is 5. The van der Waals surface area contributed by atoms with E-state index in [9.17, 15) is 4.79 Å². The first kappa shape index (κ1) is 15.0. The van der Waals surface area contributed by atoms with Crippen molar-refractivity contribution in [1.29, 1.82) is 0 Å². The maximum Gasteiger partial charge on any atom is 0.257 e. The molecule has 22 heavy (non-hydrogen) atoms. The lowest BCUT2D eigenvalue weighted by atomic mass is 10.1. The van der Waals surface area contributed by atoms with Crippen molar-refractivity contribution in [3.05, 3.63) is 58.6 Å². The van der Waals surface area contributed by atoms with Crippen molar-refractivity contribution in [2.45, 2.75) is 25.2 Å². The molecule has 2 aromatic rings. The molecule has 1 aromatic carbocycles.